The summed E-state index contributed by atoms with van der Waals surface area (Å²) in [5, 5.41) is 20.6. The standard InChI is InChI=1S/C13H15NO3/c1-9(7-12(15)13(16)17)8-14-11-6-4-3-5-10(11)2/h3-8,14-15H,1-2H3,(H,16,17)/b9-8+,12-7-. The van der Waals surface area contributed by atoms with Gasteiger partial charge in [0.15, 0.2) is 0 Å². The average molecular weight is 233 g/mol. The minimum atomic E-state index is -1.34. The van der Waals surface area contributed by atoms with Crippen molar-refractivity contribution in [3.8, 4) is 0 Å². The van der Waals surface area contributed by atoms with Crippen LogP contribution in [0.4, 0.5) is 5.69 Å². The second-order valence-electron chi connectivity index (χ2n) is 3.68. The number of nitrogens with one attached hydrogen (secondary N) is 1. The van der Waals surface area contributed by atoms with Crippen molar-refractivity contribution in [2.75, 3.05) is 5.32 Å². The third-order valence-corrected chi connectivity index (χ3v) is 2.18. The summed E-state index contributed by atoms with van der Waals surface area (Å²) < 4.78 is 0. The maximum Gasteiger partial charge on any atom is 0.370 e. The molecule has 0 aliphatic heterocycles. The molecule has 0 atom stereocenters. The number of allylic oxidation sites excluding steroid dienone is 2. The van der Waals surface area contributed by atoms with Crippen molar-refractivity contribution in [2.24, 2.45) is 0 Å². The number of carboxylic acid groups (broad SMARTS) is 1. The van der Waals surface area contributed by atoms with Gasteiger partial charge in [-0.2, -0.15) is 0 Å². The van der Waals surface area contributed by atoms with Crippen LogP contribution in [0.15, 0.2) is 47.9 Å². The van der Waals surface area contributed by atoms with Crippen LogP contribution in [0.2, 0.25) is 0 Å². The van der Waals surface area contributed by atoms with Crippen LogP contribution in [0.5, 0.6) is 0 Å². The molecule has 0 spiro atoms. The van der Waals surface area contributed by atoms with E-state index in [1.807, 2.05) is 31.2 Å². The molecule has 3 N–H and O–H groups in total. The molecule has 0 saturated heterocycles. The SMILES string of the molecule is CC(/C=C(\O)C(=O)O)=C\Nc1ccccc1C. The lowest BCUT2D eigenvalue weighted by Gasteiger charge is -2.05. The van der Waals surface area contributed by atoms with Gasteiger partial charge >= 0.3 is 5.97 Å². The molecule has 0 aromatic heterocycles. The van der Waals surface area contributed by atoms with E-state index in [9.17, 15) is 4.79 Å². The zero-order chi connectivity index (χ0) is 12.8. The van der Waals surface area contributed by atoms with Crippen molar-refractivity contribution in [3.05, 3.63) is 53.4 Å². The Labute approximate surface area is 99.9 Å². The van der Waals surface area contributed by atoms with Gasteiger partial charge in [0.2, 0.25) is 5.76 Å². The van der Waals surface area contributed by atoms with Crippen molar-refractivity contribution in [2.45, 2.75) is 13.8 Å². The Kier molecular flexibility index (Phi) is 4.34. The monoisotopic (exact) mass is 233 g/mol. The topological polar surface area (TPSA) is 69.6 Å². The van der Waals surface area contributed by atoms with Crippen LogP contribution in [0.25, 0.3) is 0 Å². The Bertz CT molecular complexity index is 475. The molecule has 0 radical (unpaired) electrons. The summed E-state index contributed by atoms with van der Waals surface area (Å²) in [7, 11) is 0. The molecule has 4 nitrogen and oxygen atoms in total. The first-order valence-electron chi connectivity index (χ1n) is 5.13. The summed E-state index contributed by atoms with van der Waals surface area (Å²) in [6.07, 6.45) is 2.83. The first-order chi connectivity index (χ1) is 8.00. The van der Waals surface area contributed by atoms with E-state index in [2.05, 4.69) is 5.32 Å². The highest BCUT2D eigenvalue weighted by Crippen LogP contribution is 2.13. The number of rotatable bonds is 4. The van der Waals surface area contributed by atoms with Crippen molar-refractivity contribution >= 4 is 11.7 Å². The number of hydrogen-bond donors (Lipinski definition) is 3. The van der Waals surface area contributed by atoms with Crippen LogP contribution in [0.1, 0.15) is 12.5 Å². The van der Waals surface area contributed by atoms with Crippen LogP contribution in [-0.2, 0) is 4.79 Å². The molecule has 0 bridgehead atoms. The highest BCUT2D eigenvalue weighted by Gasteiger charge is 2.02. The second-order valence-corrected chi connectivity index (χ2v) is 3.68. The molecule has 90 valence electrons. The number of anilines is 1. The van der Waals surface area contributed by atoms with E-state index in [-0.39, 0.29) is 0 Å². The van der Waals surface area contributed by atoms with Crippen LogP contribution in [-0.4, -0.2) is 16.2 Å². The summed E-state index contributed by atoms with van der Waals surface area (Å²) in [5.74, 6) is -2.01. The van der Waals surface area contributed by atoms with Gasteiger partial charge in [0.05, 0.1) is 0 Å². The van der Waals surface area contributed by atoms with Gasteiger partial charge in [-0.15, -0.1) is 0 Å². The van der Waals surface area contributed by atoms with Crippen molar-refractivity contribution in [1.29, 1.82) is 0 Å². The number of carboxylic acids is 1. The smallest absolute Gasteiger partial charge is 0.370 e. The van der Waals surface area contributed by atoms with Crippen LogP contribution in [0, 0.1) is 6.92 Å². The van der Waals surface area contributed by atoms with Gasteiger partial charge in [0.1, 0.15) is 0 Å². The Hall–Kier alpha value is -2.23. The summed E-state index contributed by atoms with van der Waals surface area (Å²) in [6.45, 7) is 3.67. The van der Waals surface area contributed by atoms with Crippen LogP contribution < -0.4 is 5.32 Å². The molecule has 4 heteroatoms. The van der Waals surface area contributed by atoms with Crippen molar-refractivity contribution in [3.63, 3.8) is 0 Å². The fourth-order valence-electron chi connectivity index (χ4n) is 1.25. The first-order valence-corrected chi connectivity index (χ1v) is 5.13. The molecular weight excluding hydrogens is 218 g/mol. The van der Waals surface area contributed by atoms with Crippen LogP contribution >= 0.6 is 0 Å². The minimum absolute atomic E-state index is 0.619. The van der Waals surface area contributed by atoms with Gasteiger partial charge in [-0.05, 0) is 37.1 Å². The molecule has 0 aliphatic rings. The maximum absolute atomic E-state index is 10.4. The number of benzene rings is 1. The van der Waals surface area contributed by atoms with E-state index in [1.54, 1.807) is 13.1 Å². The second kappa shape index (κ2) is 5.75. The molecule has 0 saturated carbocycles. The Balaban J connectivity index is 2.75. The summed E-state index contributed by atoms with van der Waals surface area (Å²) in [5.41, 5.74) is 2.64. The predicted octanol–water partition coefficient (Wildman–Crippen LogP) is 2.84. The van der Waals surface area contributed by atoms with E-state index in [0.717, 1.165) is 11.3 Å². The molecule has 0 unspecified atom stereocenters. The third-order valence-electron chi connectivity index (χ3n) is 2.18. The minimum Gasteiger partial charge on any atom is -0.502 e. The van der Waals surface area contributed by atoms with E-state index in [1.165, 1.54) is 6.08 Å². The number of aryl methyl sites for hydroxylation is 1. The molecule has 17 heavy (non-hydrogen) atoms. The van der Waals surface area contributed by atoms with E-state index < -0.39 is 11.7 Å². The highest BCUT2D eigenvalue weighted by atomic mass is 16.4. The Morgan fingerprint density at radius 2 is 1.94 bits per heavy atom. The zero-order valence-corrected chi connectivity index (χ0v) is 9.77. The molecule has 1 rings (SSSR count). The molecule has 0 heterocycles. The Morgan fingerprint density at radius 3 is 2.53 bits per heavy atom. The molecule has 0 aliphatic carbocycles. The number of aliphatic hydroxyl groups excluding tert-OH is 1. The number of aliphatic carboxylic acids is 1. The third kappa shape index (κ3) is 4.03. The van der Waals surface area contributed by atoms with Gasteiger partial charge in [-0.1, -0.05) is 18.2 Å². The lowest BCUT2D eigenvalue weighted by Crippen LogP contribution is -1.99. The summed E-state index contributed by atoms with van der Waals surface area (Å²) in [6, 6.07) is 7.73. The number of carbonyl (C=O) groups is 1. The lowest BCUT2D eigenvalue weighted by molar-refractivity contribution is -0.135. The molecule has 0 fully saturated rings. The maximum atomic E-state index is 10.4. The van der Waals surface area contributed by atoms with Gasteiger partial charge in [-0.25, -0.2) is 4.79 Å². The predicted molar refractivity (Wildman–Crippen MR) is 66.9 cm³/mol. The van der Waals surface area contributed by atoms with Gasteiger partial charge < -0.3 is 15.5 Å². The first kappa shape index (κ1) is 12.8. The van der Waals surface area contributed by atoms with Crippen molar-refractivity contribution in [1.82, 2.24) is 0 Å². The summed E-state index contributed by atoms with van der Waals surface area (Å²) >= 11 is 0. The largest absolute Gasteiger partial charge is 0.502 e. The highest BCUT2D eigenvalue weighted by molar-refractivity contribution is 5.84. The fourth-order valence-corrected chi connectivity index (χ4v) is 1.25. The quantitative estimate of drug-likeness (QED) is 0.425. The molecular formula is C13H15NO3. The number of hydrogen-bond acceptors (Lipinski definition) is 3. The molecule has 0 amide bonds. The van der Waals surface area contributed by atoms with Gasteiger partial charge in [0, 0.05) is 11.9 Å². The molecule has 1 aromatic carbocycles. The lowest BCUT2D eigenvalue weighted by atomic mass is 10.2. The number of aliphatic hydroxyl groups is 1. The zero-order valence-electron chi connectivity index (χ0n) is 9.77. The fraction of sp³-hybridized carbons (Fsp3) is 0.154. The Morgan fingerprint density at radius 1 is 1.29 bits per heavy atom. The van der Waals surface area contributed by atoms with Crippen molar-refractivity contribution < 1.29 is 15.0 Å². The van der Waals surface area contributed by atoms with Gasteiger partial charge in [0.25, 0.3) is 0 Å². The van der Waals surface area contributed by atoms with E-state index >= 15 is 0 Å². The van der Waals surface area contributed by atoms with E-state index in [4.69, 9.17) is 10.2 Å². The number of para-hydroxylation sites is 1. The van der Waals surface area contributed by atoms with Gasteiger partial charge in [-0.3, -0.25) is 0 Å². The van der Waals surface area contributed by atoms with E-state index in [0.29, 0.717) is 5.57 Å². The summed E-state index contributed by atoms with van der Waals surface area (Å²) in [4.78, 5) is 10.4. The van der Waals surface area contributed by atoms with Crippen LogP contribution in [0.3, 0.4) is 0 Å². The normalized spacial score (nSPS) is 12.4. The molecule has 1 aromatic rings. The average Bonchev–Trinajstić information content (AvgIpc) is 2.27.